The number of hydrogen-bond donors (Lipinski definition) is 0. The molecule has 1 atom stereocenters. The van der Waals surface area contributed by atoms with Crippen LogP contribution in [-0.4, -0.2) is 23.2 Å². The van der Waals surface area contributed by atoms with Gasteiger partial charge in [0, 0.05) is 23.0 Å². The van der Waals surface area contributed by atoms with Gasteiger partial charge in [0.1, 0.15) is 10.7 Å². The van der Waals surface area contributed by atoms with Gasteiger partial charge in [0.25, 0.3) is 10.0 Å². The normalized spacial score (nSPS) is 18.6. The molecular weight excluding hydrogens is 415 g/mol. The summed E-state index contributed by atoms with van der Waals surface area (Å²) in [7, 11) is -3.92. The second-order valence-electron chi connectivity index (χ2n) is 9.41. The maximum absolute atomic E-state index is 14.4. The summed E-state index contributed by atoms with van der Waals surface area (Å²) >= 11 is 0. The largest absolute Gasteiger partial charge is 0.266 e. The summed E-state index contributed by atoms with van der Waals surface area (Å²) in [5.41, 5.74) is 3.06. The van der Waals surface area contributed by atoms with Gasteiger partial charge in [-0.3, -0.25) is 14.0 Å². The molecule has 6 nitrogen and oxygen atoms in total. The zero-order valence-electron chi connectivity index (χ0n) is 18.0. The van der Waals surface area contributed by atoms with Crippen molar-refractivity contribution in [3.05, 3.63) is 59.8 Å². The number of aromatic nitrogens is 3. The maximum Gasteiger partial charge on any atom is 0.266 e. The number of aryl methyl sites for hydroxylation is 1. The molecule has 0 radical (unpaired) electrons. The Bertz CT molecular complexity index is 1270. The van der Waals surface area contributed by atoms with Crippen LogP contribution in [0.25, 0.3) is 11.3 Å². The average molecular weight is 441 g/mol. The van der Waals surface area contributed by atoms with Gasteiger partial charge in [-0.1, -0.05) is 0 Å². The first kappa shape index (κ1) is 20.2. The molecule has 3 heterocycles. The highest BCUT2D eigenvalue weighted by Gasteiger charge is 2.48. The topological polar surface area (TPSA) is 68.1 Å². The molecule has 1 fully saturated rings. The van der Waals surface area contributed by atoms with Gasteiger partial charge in [-0.2, -0.15) is 5.10 Å². The molecule has 0 N–H and O–H groups in total. The van der Waals surface area contributed by atoms with E-state index in [9.17, 15) is 12.8 Å². The monoisotopic (exact) mass is 440 g/mol. The lowest BCUT2D eigenvalue weighted by molar-refractivity contribution is 0.359. The van der Waals surface area contributed by atoms with Crippen LogP contribution in [0.5, 0.6) is 0 Å². The maximum atomic E-state index is 14.4. The van der Waals surface area contributed by atoms with Crippen molar-refractivity contribution in [1.82, 2.24) is 14.8 Å². The van der Waals surface area contributed by atoms with E-state index in [1.807, 2.05) is 32.4 Å². The number of hydrogen-bond acceptors (Lipinski definition) is 4. The molecule has 0 amide bonds. The van der Waals surface area contributed by atoms with E-state index in [-0.39, 0.29) is 22.4 Å². The number of rotatable bonds is 3. The van der Waals surface area contributed by atoms with Gasteiger partial charge in [-0.15, -0.1) is 0 Å². The molecule has 0 spiro atoms. The Hall–Kier alpha value is -2.74. The molecule has 0 unspecified atom stereocenters. The molecule has 5 rings (SSSR count). The lowest BCUT2D eigenvalue weighted by Crippen LogP contribution is -2.39. The van der Waals surface area contributed by atoms with E-state index >= 15 is 0 Å². The van der Waals surface area contributed by atoms with Crippen LogP contribution < -0.4 is 4.31 Å². The van der Waals surface area contributed by atoms with Gasteiger partial charge in [0.05, 0.1) is 29.2 Å². The van der Waals surface area contributed by atoms with Gasteiger partial charge >= 0.3 is 0 Å². The van der Waals surface area contributed by atoms with Gasteiger partial charge < -0.3 is 0 Å². The molecule has 162 valence electrons. The van der Waals surface area contributed by atoms with Gasteiger partial charge in [-0.05, 0) is 76.8 Å². The highest BCUT2D eigenvalue weighted by atomic mass is 32.2. The first-order valence-corrected chi connectivity index (χ1v) is 11.9. The molecule has 1 aliphatic carbocycles. The van der Waals surface area contributed by atoms with Crippen LogP contribution in [0.3, 0.4) is 0 Å². The Morgan fingerprint density at radius 2 is 1.84 bits per heavy atom. The quantitative estimate of drug-likeness (QED) is 0.586. The summed E-state index contributed by atoms with van der Waals surface area (Å²) in [5.74, 6) is -0.215. The number of benzene rings is 1. The Kier molecular flexibility index (Phi) is 4.31. The second kappa shape index (κ2) is 6.63. The lowest BCUT2D eigenvalue weighted by atomic mass is 9.92. The van der Waals surface area contributed by atoms with E-state index in [4.69, 9.17) is 0 Å². The van der Waals surface area contributed by atoms with Crippen LogP contribution in [0.4, 0.5) is 10.1 Å². The van der Waals surface area contributed by atoms with E-state index in [2.05, 4.69) is 10.1 Å². The molecule has 2 aromatic heterocycles. The van der Waals surface area contributed by atoms with Crippen LogP contribution in [0.15, 0.2) is 47.6 Å². The van der Waals surface area contributed by atoms with Crippen LogP contribution in [0, 0.1) is 18.7 Å². The van der Waals surface area contributed by atoms with E-state index < -0.39 is 15.8 Å². The van der Waals surface area contributed by atoms with Crippen molar-refractivity contribution in [1.29, 1.82) is 0 Å². The fourth-order valence-electron chi connectivity index (χ4n) is 4.38. The predicted molar refractivity (Wildman–Crippen MR) is 117 cm³/mol. The number of sulfonamides is 1. The first-order chi connectivity index (χ1) is 14.6. The molecule has 8 heteroatoms. The summed E-state index contributed by atoms with van der Waals surface area (Å²) in [6, 6.07) is 7.20. The molecule has 1 aromatic carbocycles. The van der Waals surface area contributed by atoms with Gasteiger partial charge in [-0.25, -0.2) is 12.8 Å². The average Bonchev–Trinajstić information content (AvgIpc) is 3.43. The molecule has 0 saturated heterocycles. The Morgan fingerprint density at radius 1 is 1.10 bits per heavy atom. The second-order valence-corrected chi connectivity index (χ2v) is 11.2. The highest BCUT2D eigenvalue weighted by Crippen LogP contribution is 2.55. The predicted octanol–water partition coefficient (Wildman–Crippen LogP) is 4.81. The minimum Gasteiger partial charge on any atom is -0.260 e. The molecule has 1 aliphatic heterocycles. The highest BCUT2D eigenvalue weighted by molar-refractivity contribution is 7.92. The summed E-state index contributed by atoms with van der Waals surface area (Å²) in [5, 5.41) is 4.62. The third-order valence-corrected chi connectivity index (χ3v) is 7.74. The number of pyridine rings is 1. The van der Waals surface area contributed by atoms with Crippen molar-refractivity contribution in [2.24, 2.45) is 5.92 Å². The molecule has 0 bridgehead atoms. The summed E-state index contributed by atoms with van der Waals surface area (Å²) in [4.78, 5) is 4.32. The van der Waals surface area contributed by atoms with E-state index in [1.54, 1.807) is 24.4 Å². The molecule has 1 saturated carbocycles. The molecule has 31 heavy (non-hydrogen) atoms. The number of fused-ring (bicyclic) bond motifs is 3. The van der Waals surface area contributed by atoms with E-state index in [1.165, 1.54) is 22.6 Å². The van der Waals surface area contributed by atoms with Crippen LogP contribution in [-0.2, 0) is 15.6 Å². The standard InChI is InChI=1S/C23H25FN4O2S/c1-14-5-9-17(12-25-14)31(29,30)27-20-10-8-16(24)11-18(20)22-19(21(27)15-6-7-15)13-26-28(22)23(2,3)4/h5,8-13,15,21H,6-7H2,1-4H3/t21-/m1/s1. The number of nitrogens with zero attached hydrogens (tertiary/aromatic N) is 4. The Balaban J connectivity index is 1.79. The van der Waals surface area contributed by atoms with Crippen LogP contribution in [0.2, 0.25) is 0 Å². The van der Waals surface area contributed by atoms with E-state index in [0.717, 1.165) is 29.8 Å². The van der Waals surface area contributed by atoms with Crippen molar-refractivity contribution in [2.75, 3.05) is 4.31 Å². The minimum atomic E-state index is -3.92. The fraction of sp³-hybridized carbons (Fsp3) is 0.391. The summed E-state index contributed by atoms with van der Waals surface area (Å²) < 4.78 is 45.5. The first-order valence-electron chi connectivity index (χ1n) is 10.4. The third kappa shape index (κ3) is 3.15. The van der Waals surface area contributed by atoms with Crippen molar-refractivity contribution >= 4 is 15.7 Å². The Labute approximate surface area is 181 Å². The minimum absolute atomic E-state index is 0.130. The number of halogens is 1. The molecular formula is C23H25FN4O2S. The zero-order chi connectivity index (χ0) is 22.1. The third-order valence-electron chi connectivity index (χ3n) is 5.96. The van der Waals surface area contributed by atoms with Crippen LogP contribution >= 0.6 is 0 Å². The number of anilines is 1. The summed E-state index contributed by atoms with van der Waals surface area (Å²) in [6.07, 6.45) is 5.04. The fourth-order valence-corrected chi connectivity index (χ4v) is 6.03. The smallest absolute Gasteiger partial charge is 0.260 e. The van der Waals surface area contributed by atoms with Gasteiger partial charge in [0.2, 0.25) is 0 Å². The SMILES string of the molecule is Cc1ccc(S(=O)(=O)N2c3ccc(F)cc3-c3c(cnn3C(C)(C)C)[C@H]2C2CC2)cn1. The summed E-state index contributed by atoms with van der Waals surface area (Å²) in [6.45, 7) is 7.92. The van der Waals surface area contributed by atoms with Crippen molar-refractivity contribution < 1.29 is 12.8 Å². The van der Waals surface area contributed by atoms with Crippen molar-refractivity contribution in [3.63, 3.8) is 0 Å². The Morgan fingerprint density at radius 3 is 2.45 bits per heavy atom. The lowest BCUT2D eigenvalue weighted by Gasteiger charge is -2.39. The van der Waals surface area contributed by atoms with Gasteiger partial charge in [0.15, 0.2) is 0 Å². The zero-order valence-corrected chi connectivity index (χ0v) is 18.8. The van der Waals surface area contributed by atoms with E-state index in [0.29, 0.717) is 11.3 Å². The van der Waals surface area contributed by atoms with Crippen molar-refractivity contribution in [2.45, 2.75) is 57.0 Å². The van der Waals surface area contributed by atoms with Crippen LogP contribution in [0.1, 0.15) is 50.9 Å². The molecule has 3 aromatic rings. The molecule has 2 aliphatic rings. The van der Waals surface area contributed by atoms with Crippen molar-refractivity contribution in [3.8, 4) is 11.3 Å².